The number of hydrogen-bond donors (Lipinski definition) is 1. The minimum absolute atomic E-state index is 0.0269. The van der Waals surface area contributed by atoms with Crippen LogP contribution in [-0.2, 0) is 10.2 Å². The monoisotopic (exact) mass is 414 g/mol. The van der Waals surface area contributed by atoms with E-state index in [0.717, 1.165) is 23.5 Å². The molecule has 166 valence electrons. The Bertz CT molecular complexity index is 819. The third kappa shape index (κ3) is 4.38. The Balaban J connectivity index is 2.00. The number of hydrogen-bond acceptors (Lipinski definition) is 3. The molecule has 30 heavy (non-hydrogen) atoms. The van der Waals surface area contributed by atoms with E-state index in [1.54, 1.807) is 7.11 Å². The van der Waals surface area contributed by atoms with Gasteiger partial charge in [0.2, 0.25) is 0 Å². The first-order valence-corrected chi connectivity index (χ1v) is 11.4. The summed E-state index contributed by atoms with van der Waals surface area (Å²) in [4.78, 5) is 11.7. The van der Waals surface area contributed by atoms with E-state index >= 15 is 0 Å². The lowest BCUT2D eigenvalue weighted by Gasteiger charge is -2.47. The van der Waals surface area contributed by atoms with Crippen molar-refractivity contribution in [3.63, 3.8) is 0 Å². The second kappa shape index (κ2) is 8.64. The molecule has 0 fully saturated rings. The number of benzene rings is 1. The highest BCUT2D eigenvalue weighted by Gasteiger charge is 2.47. The Labute approximate surface area is 181 Å². The molecule has 0 aromatic heterocycles. The highest BCUT2D eigenvalue weighted by Crippen LogP contribution is 2.55. The van der Waals surface area contributed by atoms with Gasteiger partial charge in [-0.25, -0.2) is 4.79 Å². The molecule has 1 N–H and O–H groups in total. The lowest BCUT2D eigenvalue weighted by molar-refractivity contribution is -0.133. The van der Waals surface area contributed by atoms with Crippen LogP contribution < -0.4 is 9.47 Å². The average Bonchev–Trinajstić information content (AvgIpc) is 2.69. The summed E-state index contributed by atoms with van der Waals surface area (Å²) < 4.78 is 12.4. The summed E-state index contributed by atoms with van der Waals surface area (Å²) in [6.07, 6.45) is 9.23. The molecule has 1 heterocycles. The first-order valence-electron chi connectivity index (χ1n) is 11.4. The largest absolute Gasteiger partial charge is 0.496 e. The maximum Gasteiger partial charge on any atom is 0.331 e. The Morgan fingerprint density at radius 2 is 2.00 bits per heavy atom. The first kappa shape index (κ1) is 22.7. The predicted molar refractivity (Wildman–Crippen MR) is 121 cm³/mol. The van der Waals surface area contributed by atoms with Crippen molar-refractivity contribution in [3.8, 4) is 11.5 Å². The van der Waals surface area contributed by atoms with Gasteiger partial charge < -0.3 is 14.6 Å². The van der Waals surface area contributed by atoms with Crippen molar-refractivity contribution in [2.45, 2.75) is 96.5 Å². The number of methoxy groups -OCH3 is 1. The standard InChI is InChI=1S/C26H38O4/c1-7-8-9-10-13-25(2,3)18-15-21(29-6)23-19-14-17(24(27)28)11-12-20(19)26(4,5)30-22(23)16-18/h11,15-16,19-20H,7-10,12-14H2,1-6H3,(H,27,28)/t19-,20-/m0/s1. The van der Waals surface area contributed by atoms with Gasteiger partial charge in [-0.1, -0.05) is 52.5 Å². The summed E-state index contributed by atoms with van der Waals surface area (Å²) in [7, 11) is 1.71. The molecule has 0 saturated carbocycles. The minimum Gasteiger partial charge on any atom is -0.496 e. The molecule has 0 unspecified atom stereocenters. The van der Waals surface area contributed by atoms with Crippen molar-refractivity contribution < 1.29 is 19.4 Å². The molecule has 2 atom stereocenters. The zero-order valence-electron chi connectivity index (χ0n) is 19.5. The van der Waals surface area contributed by atoms with Crippen molar-refractivity contribution in [2.75, 3.05) is 7.11 Å². The number of carboxylic acids is 1. The van der Waals surface area contributed by atoms with Crippen molar-refractivity contribution in [2.24, 2.45) is 5.92 Å². The fourth-order valence-corrected chi connectivity index (χ4v) is 5.25. The van der Waals surface area contributed by atoms with Crippen LogP contribution in [0.5, 0.6) is 11.5 Å². The van der Waals surface area contributed by atoms with Gasteiger partial charge in [0, 0.05) is 23.0 Å². The molecule has 0 spiro atoms. The number of fused-ring (bicyclic) bond motifs is 3. The van der Waals surface area contributed by atoms with E-state index in [1.165, 1.54) is 31.2 Å². The van der Waals surface area contributed by atoms with Gasteiger partial charge in [0.15, 0.2) is 0 Å². The number of rotatable bonds is 8. The van der Waals surface area contributed by atoms with Gasteiger partial charge in [0.05, 0.1) is 7.11 Å². The van der Waals surface area contributed by atoms with Crippen molar-refractivity contribution >= 4 is 5.97 Å². The third-order valence-corrected chi connectivity index (χ3v) is 7.22. The first-order chi connectivity index (χ1) is 14.1. The summed E-state index contributed by atoms with van der Waals surface area (Å²) in [5, 5.41) is 9.57. The van der Waals surface area contributed by atoms with E-state index in [0.29, 0.717) is 18.4 Å². The van der Waals surface area contributed by atoms with Gasteiger partial charge in [-0.3, -0.25) is 0 Å². The molecule has 1 aromatic carbocycles. The Kier molecular flexibility index (Phi) is 6.54. The second-order valence-corrected chi connectivity index (χ2v) is 10.2. The van der Waals surface area contributed by atoms with Crippen LogP contribution in [0.25, 0.3) is 0 Å². The SMILES string of the molecule is CCCCCCC(C)(C)c1cc(OC)c2c(c1)OC(C)(C)[C@H]1CC=C(C(=O)O)C[C@H]21. The summed E-state index contributed by atoms with van der Waals surface area (Å²) in [6, 6.07) is 4.35. The molecule has 4 heteroatoms. The van der Waals surface area contributed by atoms with E-state index in [9.17, 15) is 9.90 Å². The van der Waals surface area contributed by atoms with Gasteiger partial charge in [-0.2, -0.15) is 0 Å². The van der Waals surface area contributed by atoms with Crippen LogP contribution in [0.1, 0.15) is 96.6 Å². The van der Waals surface area contributed by atoms with Crippen LogP contribution in [-0.4, -0.2) is 23.8 Å². The van der Waals surface area contributed by atoms with E-state index in [2.05, 4.69) is 46.8 Å². The molecule has 0 radical (unpaired) electrons. The predicted octanol–water partition coefficient (Wildman–Crippen LogP) is 6.62. The number of allylic oxidation sites excluding steroid dienone is 1. The summed E-state index contributed by atoms with van der Waals surface area (Å²) in [6.45, 7) is 11.1. The summed E-state index contributed by atoms with van der Waals surface area (Å²) in [5.41, 5.74) is 2.45. The van der Waals surface area contributed by atoms with Gasteiger partial charge in [-0.05, 0) is 56.2 Å². The van der Waals surface area contributed by atoms with Gasteiger partial charge >= 0.3 is 5.97 Å². The summed E-state index contributed by atoms with van der Waals surface area (Å²) >= 11 is 0. The average molecular weight is 415 g/mol. The fraction of sp³-hybridized carbons (Fsp3) is 0.654. The third-order valence-electron chi connectivity index (χ3n) is 7.22. The lowest BCUT2D eigenvalue weighted by atomic mass is 9.66. The van der Waals surface area contributed by atoms with Crippen LogP contribution in [0.4, 0.5) is 0 Å². The van der Waals surface area contributed by atoms with E-state index in [4.69, 9.17) is 9.47 Å². The molecule has 1 aliphatic heterocycles. The van der Waals surface area contributed by atoms with Gasteiger partial charge in [0.1, 0.15) is 17.1 Å². The van der Waals surface area contributed by atoms with Crippen molar-refractivity contribution in [1.82, 2.24) is 0 Å². The molecule has 1 aliphatic carbocycles. The molecular weight excluding hydrogens is 376 g/mol. The van der Waals surface area contributed by atoms with E-state index < -0.39 is 5.97 Å². The number of aliphatic carboxylic acids is 1. The van der Waals surface area contributed by atoms with E-state index in [1.807, 2.05) is 6.08 Å². The highest BCUT2D eigenvalue weighted by molar-refractivity contribution is 5.87. The molecule has 0 bridgehead atoms. The van der Waals surface area contributed by atoms with Crippen molar-refractivity contribution in [1.29, 1.82) is 0 Å². The van der Waals surface area contributed by atoms with E-state index in [-0.39, 0.29) is 22.9 Å². The normalized spacial score (nSPS) is 22.4. The van der Waals surface area contributed by atoms with Crippen LogP contribution in [0.15, 0.2) is 23.8 Å². The quantitative estimate of drug-likeness (QED) is 0.486. The fourth-order valence-electron chi connectivity index (χ4n) is 5.25. The van der Waals surface area contributed by atoms with Crippen LogP contribution in [0.3, 0.4) is 0 Å². The Morgan fingerprint density at radius 1 is 1.27 bits per heavy atom. The zero-order valence-corrected chi connectivity index (χ0v) is 19.5. The number of unbranched alkanes of at least 4 members (excludes halogenated alkanes) is 3. The molecule has 2 aliphatic rings. The molecular formula is C26H38O4. The molecule has 4 nitrogen and oxygen atoms in total. The number of carboxylic acid groups (broad SMARTS) is 1. The minimum atomic E-state index is -0.817. The van der Waals surface area contributed by atoms with Crippen LogP contribution in [0.2, 0.25) is 0 Å². The molecule has 1 aromatic rings. The van der Waals surface area contributed by atoms with Crippen LogP contribution >= 0.6 is 0 Å². The zero-order chi connectivity index (χ0) is 22.1. The molecule has 3 rings (SSSR count). The number of ether oxygens (including phenoxy) is 2. The second-order valence-electron chi connectivity index (χ2n) is 10.2. The Hall–Kier alpha value is -1.97. The lowest BCUT2D eigenvalue weighted by Crippen LogP contribution is -2.46. The summed E-state index contributed by atoms with van der Waals surface area (Å²) in [5.74, 6) is 1.21. The van der Waals surface area contributed by atoms with Gasteiger partial charge in [0.25, 0.3) is 0 Å². The molecule has 0 amide bonds. The van der Waals surface area contributed by atoms with Crippen LogP contribution in [0, 0.1) is 5.92 Å². The van der Waals surface area contributed by atoms with Crippen molar-refractivity contribution in [3.05, 3.63) is 34.9 Å². The maximum atomic E-state index is 11.7. The topological polar surface area (TPSA) is 55.8 Å². The maximum absolute atomic E-state index is 11.7. The highest BCUT2D eigenvalue weighted by atomic mass is 16.5. The molecule has 0 saturated heterocycles. The van der Waals surface area contributed by atoms with Gasteiger partial charge in [-0.15, -0.1) is 0 Å². The Morgan fingerprint density at radius 3 is 2.63 bits per heavy atom. The smallest absolute Gasteiger partial charge is 0.331 e. The number of carbonyl (C=O) groups is 1.